The molecule has 2 aromatic heterocycles. The summed E-state index contributed by atoms with van der Waals surface area (Å²) >= 11 is 0. The topological polar surface area (TPSA) is 82.2 Å². The monoisotopic (exact) mass is 419 g/mol. The van der Waals surface area contributed by atoms with Gasteiger partial charge in [-0.25, -0.2) is 17.2 Å². The molecule has 29 heavy (non-hydrogen) atoms. The number of halogens is 2. The van der Waals surface area contributed by atoms with Crippen LogP contribution < -0.4 is 0 Å². The van der Waals surface area contributed by atoms with Crippen LogP contribution in [0.5, 0.6) is 0 Å². The molecule has 0 spiro atoms. The van der Waals surface area contributed by atoms with E-state index >= 15 is 0 Å². The van der Waals surface area contributed by atoms with Crippen LogP contribution in [0.1, 0.15) is 5.56 Å². The Morgan fingerprint density at radius 2 is 1.72 bits per heavy atom. The number of aromatic amines is 1. The molecule has 1 aliphatic heterocycles. The third-order valence-electron chi connectivity index (χ3n) is 4.91. The molecule has 152 valence electrons. The van der Waals surface area contributed by atoms with Gasteiger partial charge in [-0.1, -0.05) is 6.07 Å². The summed E-state index contributed by atoms with van der Waals surface area (Å²) in [5.74, 6) is -1.76. The lowest BCUT2D eigenvalue weighted by Crippen LogP contribution is -2.48. The normalized spacial score (nSPS) is 16.2. The number of aromatic nitrogens is 3. The summed E-state index contributed by atoms with van der Waals surface area (Å²) in [5, 5.41) is 6.68. The molecule has 0 aliphatic carbocycles. The van der Waals surface area contributed by atoms with Crippen LogP contribution in [0.25, 0.3) is 11.3 Å². The van der Waals surface area contributed by atoms with E-state index in [0.717, 1.165) is 6.07 Å². The number of sulfonamides is 1. The van der Waals surface area contributed by atoms with E-state index in [1.54, 1.807) is 24.5 Å². The molecule has 10 heteroatoms. The van der Waals surface area contributed by atoms with Gasteiger partial charge in [0.1, 0.15) is 4.90 Å². The van der Waals surface area contributed by atoms with Crippen molar-refractivity contribution in [2.24, 2.45) is 0 Å². The van der Waals surface area contributed by atoms with Crippen LogP contribution >= 0.6 is 0 Å². The Labute approximate surface area is 167 Å². The second kappa shape index (κ2) is 7.97. The molecule has 3 heterocycles. The number of rotatable bonds is 5. The Bertz CT molecular complexity index is 1100. The maximum atomic E-state index is 13.4. The van der Waals surface area contributed by atoms with E-state index in [0.29, 0.717) is 49.5 Å². The minimum absolute atomic E-state index is 0.123. The first-order chi connectivity index (χ1) is 13.9. The molecule has 7 nitrogen and oxygen atoms in total. The largest absolute Gasteiger partial charge is 0.296 e. The van der Waals surface area contributed by atoms with Gasteiger partial charge in [0.2, 0.25) is 10.0 Å². The fourth-order valence-electron chi connectivity index (χ4n) is 3.36. The Kier molecular flexibility index (Phi) is 5.39. The Morgan fingerprint density at radius 1 is 1.00 bits per heavy atom. The van der Waals surface area contributed by atoms with Crippen molar-refractivity contribution >= 4 is 10.0 Å². The van der Waals surface area contributed by atoms with Gasteiger partial charge >= 0.3 is 0 Å². The number of nitrogens with zero attached hydrogens (tertiary/aromatic N) is 4. The zero-order chi connectivity index (χ0) is 20.4. The van der Waals surface area contributed by atoms with Gasteiger partial charge in [-0.15, -0.1) is 0 Å². The average molecular weight is 419 g/mol. The summed E-state index contributed by atoms with van der Waals surface area (Å²) in [4.78, 5) is 6.08. The predicted octanol–water partition coefficient (Wildman–Crippen LogP) is 2.26. The second-order valence-corrected chi connectivity index (χ2v) is 8.68. The van der Waals surface area contributed by atoms with Crippen LogP contribution in [0.4, 0.5) is 8.78 Å². The maximum Gasteiger partial charge on any atom is 0.246 e. The summed E-state index contributed by atoms with van der Waals surface area (Å²) in [6, 6.07) is 7.24. The van der Waals surface area contributed by atoms with Crippen molar-refractivity contribution in [1.29, 1.82) is 0 Å². The highest BCUT2D eigenvalue weighted by atomic mass is 32.2. The lowest BCUT2D eigenvalue weighted by Gasteiger charge is -2.33. The van der Waals surface area contributed by atoms with Gasteiger partial charge in [0.15, 0.2) is 11.6 Å². The molecular formula is C19H19F2N5O2S. The first-order valence-corrected chi connectivity index (χ1v) is 10.5. The smallest absolute Gasteiger partial charge is 0.246 e. The molecule has 4 rings (SSSR count). The highest BCUT2D eigenvalue weighted by Gasteiger charge is 2.31. The first-order valence-electron chi connectivity index (χ1n) is 9.05. The Morgan fingerprint density at radius 3 is 2.41 bits per heavy atom. The van der Waals surface area contributed by atoms with Gasteiger partial charge < -0.3 is 0 Å². The predicted molar refractivity (Wildman–Crippen MR) is 102 cm³/mol. The quantitative estimate of drug-likeness (QED) is 0.686. The van der Waals surface area contributed by atoms with E-state index in [1.165, 1.54) is 22.6 Å². The second-order valence-electron chi connectivity index (χ2n) is 6.77. The lowest BCUT2D eigenvalue weighted by molar-refractivity contribution is 0.181. The summed E-state index contributed by atoms with van der Waals surface area (Å²) in [5.41, 5.74) is 1.76. The molecule has 1 saturated heterocycles. The highest BCUT2D eigenvalue weighted by Crippen LogP contribution is 2.27. The van der Waals surface area contributed by atoms with E-state index in [1.807, 2.05) is 4.90 Å². The van der Waals surface area contributed by atoms with Crippen molar-refractivity contribution in [1.82, 2.24) is 24.4 Å². The van der Waals surface area contributed by atoms with E-state index < -0.39 is 21.7 Å². The zero-order valence-electron chi connectivity index (χ0n) is 15.4. The molecule has 0 unspecified atom stereocenters. The van der Waals surface area contributed by atoms with Crippen LogP contribution in [0.2, 0.25) is 0 Å². The van der Waals surface area contributed by atoms with Gasteiger partial charge in [-0.3, -0.25) is 15.0 Å². The molecule has 0 bridgehead atoms. The van der Waals surface area contributed by atoms with Crippen LogP contribution in [0.3, 0.4) is 0 Å². The first kappa shape index (κ1) is 19.6. The van der Waals surface area contributed by atoms with Crippen LogP contribution in [-0.4, -0.2) is 59.0 Å². The van der Waals surface area contributed by atoms with Gasteiger partial charge in [-0.2, -0.15) is 9.40 Å². The molecule has 0 radical (unpaired) electrons. The molecule has 3 aromatic rings. The van der Waals surface area contributed by atoms with Crippen LogP contribution in [0.15, 0.2) is 53.8 Å². The molecule has 0 atom stereocenters. The zero-order valence-corrected chi connectivity index (χ0v) is 16.2. The van der Waals surface area contributed by atoms with Crippen LogP contribution in [0, 0.1) is 11.6 Å². The lowest BCUT2D eigenvalue weighted by atomic mass is 10.2. The number of benzene rings is 1. The van der Waals surface area contributed by atoms with Crippen molar-refractivity contribution in [2.45, 2.75) is 11.4 Å². The molecule has 0 saturated carbocycles. The summed E-state index contributed by atoms with van der Waals surface area (Å²) < 4.78 is 54.2. The van der Waals surface area contributed by atoms with E-state index in [2.05, 4.69) is 15.2 Å². The van der Waals surface area contributed by atoms with Crippen molar-refractivity contribution in [2.75, 3.05) is 26.2 Å². The number of nitrogens with one attached hydrogen (secondary N) is 1. The van der Waals surface area contributed by atoms with Crippen molar-refractivity contribution < 1.29 is 17.2 Å². The molecule has 1 aromatic carbocycles. The molecule has 1 N–H and O–H groups in total. The Hall–Kier alpha value is -2.69. The van der Waals surface area contributed by atoms with Gasteiger partial charge in [-0.05, 0) is 29.8 Å². The van der Waals surface area contributed by atoms with Crippen LogP contribution in [-0.2, 0) is 16.6 Å². The Balaban J connectivity index is 1.46. The minimum atomic E-state index is -3.72. The number of piperazine rings is 1. The highest BCUT2D eigenvalue weighted by molar-refractivity contribution is 7.89. The fraction of sp³-hybridized carbons (Fsp3) is 0.263. The average Bonchev–Trinajstić information content (AvgIpc) is 3.23. The summed E-state index contributed by atoms with van der Waals surface area (Å²) in [6.07, 6.45) is 4.49. The fourth-order valence-corrected chi connectivity index (χ4v) is 4.89. The number of hydrogen-bond acceptors (Lipinski definition) is 5. The molecule has 1 aliphatic rings. The molecule has 1 fully saturated rings. The number of H-pyrrole nitrogens is 1. The van der Waals surface area contributed by atoms with Crippen molar-refractivity contribution in [3.8, 4) is 11.3 Å². The number of pyridine rings is 1. The molecular weight excluding hydrogens is 400 g/mol. The van der Waals surface area contributed by atoms with Gasteiger partial charge in [0.25, 0.3) is 0 Å². The van der Waals surface area contributed by atoms with Gasteiger partial charge in [0, 0.05) is 50.7 Å². The minimum Gasteiger partial charge on any atom is -0.296 e. The maximum absolute atomic E-state index is 13.4. The third-order valence-corrected chi connectivity index (χ3v) is 6.82. The third kappa shape index (κ3) is 4.04. The van der Waals surface area contributed by atoms with E-state index in [4.69, 9.17) is 0 Å². The molecule has 0 amide bonds. The SMILES string of the molecule is O=S(=O)(c1cn[nH]c1-c1ccncc1)N1CCN(Cc2ccc(F)c(F)c2)CC1. The van der Waals surface area contributed by atoms with Gasteiger partial charge in [0.05, 0.1) is 11.9 Å². The van der Waals surface area contributed by atoms with Crippen molar-refractivity contribution in [3.63, 3.8) is 0 Å². The number of hydrogen-bond donors (Lipinski definition) is 1. The summed E-state index contributed by atoms with van der Waals surface area (Å²) in [6.45, 7) is 2.00. The van der Waals surface area contributed by atoms with E-state index in [9.17, 15) is 17.2 Å². The standard InChI is InChI=1S/C19H19F2N5O2S/c20-16-2-1-14(11-17(16)21)13-25-7-9-26(10-8-25)29(27,28)18-12-23-24-19(18)15-3-5-22-6-4-15/h1-6,11-12H,7-10,13H2,(H,23,24). The summed E-state index contributed by atoms with van der Waals surface area (Å²) in [7, 11) is -3.72. The van der Waals surface area contributed by atoms with E-state index in [-0.39, 0.29) is 4.90 Å². The van der Waals surface area contributed by atoms with Crippen molar-refractivity contribution in [3.05, 3.63) is 66.1 Å².